The lowest BCUT2D eigenvalue weighted by atomic mass is 9.51. The molecular weight excluding hydrogens is 264 g/mol. The summed E-state index contributed by atoms with van der Waals surface area (Å²) in [6, 6.07) is 0. The minimum atomic E-state index is -1.57. The largest absolute Gasteiger partial charge is 0.417 e. The molecule has 0 aromatic carbocycles. The molecule has 0 aliphatic heterocycles. The Kier molecular flexibility index (Phi) is 4.25. The van der Waals surface area contributed by atoms with Gasteiger partial charge in [-0.25, -0.2) is 0 Å². The zero-order valence-electron chi connectivity index (χ0n) is 14.2. The molecular formula is C17H32O2Si. The van der Waals surface area contributed by atoms with E-state index in [9.17, 15) is 4.79 Å². The molecule has 0 aromatic rings. The van der Waals surface area contributed by atoms with Gasteiger partial charge in [-0.1, -0.05) is 40.0 Å². The average molecular weight is 297 g/mol. The van der Waals surface area contributed by atoms with Gasteiger partial charge in [-0.15, -0.1) is 0 Å². The van der Waals surface area contributed by atoms with Crippen LogP contribution in [-0.2, 0) is 9.22 Å². The van der Waals surface area contributed by atoms with Gasteiger partial charge in [0.1, 0.15) is 5.78 Å². The molecule has 0 saturated heterocycles. The van der Waals surface area contributed by atoms with Crippen molar-refractivity contribution < 1.29 is 9.22 Å². The topological polar surface area (TPSA) is 26.3 Å². The van der Waals surface area contributed by atoms with Crippen molar-refractivity contribution in [2.24, 2.45) is 22.7 Å². The Morgan fingerprint density at radius 1 is 1.15 bits per heavy atom. The molecule has 0 radical (unpaired) electrons. The molecule has 2 rings (SSSR count). The SMILES string of the molecule is CC1(C)CC2CCCCC2C(C)(CO[Si](C)(C)C)C1=O. The van der Waals surface area contributed by atoms with Gasteiger partial charge in [0.15, 0.2) is 8.32 Å². The molecule has 0 bridgehead atoms. The summed E-state index contributed by atoms with van der Waals surface area (Å²) in [4.78, 5) is 13.1. The molecule has 20 heavy (non-hydrogen) atoms. The molecule has 0 N–H and O–H groups in total. The van der Waals surface area contributed by atoms with Gasteiger partial charge in [-0.2, -0.15) is 0 Å². The molecule has 3 unspecified atom stereocenters. The summed E-state index contributed by atoms with van der Waals surface area (Å²) in [5, 5.41) is 0. The quantitative estimate of drug-likeness (QED) is 0.709. The van der Waals surface area contributed by atoms with E-state index in [1.165, 1.54) is 25.7 Å². The molecule has 2 fully saturated rings. The standard InChI is InChI=1S/C17H32O2Si/c1-16(2)11-13-9-7-8-10-14(13)17(3,15(16)18)12-19-20(4,5)6/h13-14H,7-12H2,1-6H3. The predicted molar refractivity (Wildman–Crippen MR) is 86.3 cm³/mol. The van der Waals surface area contributed by atoms with E-state index in [-0.39, 0.29) is 10.8 Å². The summed E-state index contributed by atoms with van der Waals surface area (Å²) in [5.74, 6) is 1.73. The van der Waals surface area contributed by atoms with Crippen molar-refractivity contribution in [3.63, 3.8) is 0 Å². The molecule has 0 heterocycles. The summed E-state index contributed by atoms with van der Waals surface area (Å²) in [6.07, 6.45) is 6.24. The fraction of sp³-hybridized carbons (Fsp3) is 0.941. The second-order valence-electron chi connectivity index (χ2n) is 8.89. The van der Waals surface area contributed by atoms with Crippen LogP contribution in [0.15, 0.2) is 0 Å². The van der Waals surface area contributed by atoms with Gasteiger partial charge < -0.3 is 4.43 Å². The number of fused-ring (bicyclic) bond motifs is 1. The lowest BCUT2D eigenvalue weighted by molar-refractivity contribution is -0.155. The number of ketones is 1. The molecule has 116 valence electrons. The molecule has 3 atom stereocenters. The van der Waals surface area contributed by atoms with Gasteiger partial charge in [-0.3, -0.25) is 4.79 Å². The van der Waals surface area contributed by atoms with E-state index in [4.69, 9.17) is 4.43 Å². The fourth-order valence-electron chi connectivity index (χ4n) is 4.52. The summed E-state index contributed by atoms with van der Waals surface area (Å²) < 4.78 is 6.20. The second kappa shape index (κ2) is 5.24. The van der Waals surface area contributed by atoms with Crippen molar-refractivity contribution in [2.45, 2.75) is 72.5 Å². The number of rotatable bonds is 3. The maximum atomic E-state index is 13.1. The number of carbonyl (C=O) groups excluding carboxylic acids is 1. The van der Waals surface area contributed by atoms with Crippen molar-refractivity contribution in [1.29, 1.82) is 0 Å². The number of Topliss-reactive ketones (excluding diaryl/α,β-unsaturated/α-hetero) is 1. The number of carbonyl (C=O) groups is 1. The predicted octanol–water partition coefficient (Wildman–Crippen LogP) is 4.65. The van der Waals surface area contributed by atoms with Crippen LogP contribution in [0, 0.1) is 22.7 Å². The fourth-order valence-corrected chi connectivity index (χ4v) is 5.25. The first kappa shape index (κ1) is 16.2. The molecule has 2 aliphatic rings. The van der Waals surface area contributed by atoms with Crippen LogP contribution in [-0.4, -0.2) is 20.7 Å². The minimum Gasteiger partial charge on any atom is -0.417 e. The molecule has 0 aromatic heterocycles. The molecule has 2 saturated carbocycles. The summed E-state index contributed by atoms with van der Waals surface area (Å²) >= 11 is 0. The zero-order chi connectivity index (χ0) is 15.2. The zero-order valence-corrected chi connectivity index (χ0v) is 15.2. The third-order valence-electron chi connectivity index (χ3n) is 5.44. The van der Waals surface area contributed by atoms with Gasteiger partial charge in [-0.05, 0) is 44.3 Å². The Bertz CT molecular complexity index is 383. The normalized spacial score (nSPS) is 37.6. The first-order valence-electron chi connectivity index (χ1n) is 8.25. The van der Waals surface area contributed by atoms with Crippen LogP contribution in [0.25, 0.3) is 0 Å². The van der Waals surface area contributed by atoms with Crippen LogP contribution < -0.4 is 0 Å². The van der Waals surface area contributed by atoms with Gasteiger partial charge in [0.2, 0.25) is 0 Å². The van der Waals surface area contributed by atoms with Gasteiger partial charge in [0, 0.05) is 12.0 Å². The van der Waals surface area contributed by atoms with E-state index < -0.39 is 8.32 Å². The van der Waals surface area contributed by atoms with Crippen molar-refractivity contribution in [3.05, 3.63) is 0 Å². The van der Waals surface area contributed by atoms with Gasteiger partial charge in [0.05, 0.1) is 5.41 Å². The van der Waals surface area contributed by atoms with Crippen LogP contribution in [0.3, 0.4) is 0 Å². The highest BCUT2D eigenvalue weighted by molar-refractivity contribution is 6.69. The average Bonchev–Trinajstić information content (AvgIpc) is 2.33. The lowest BCUT2D eigenvalue weighted by Gasteiger charge is -2.53. The van der Waals surface area contributed by atoms with E-state index in [1.54, 1.807) is 0 Å². The molecule has 2 aliphatic carbocycles. The summed E-state index contributed by atoms with van der Waals surface area (Å²) in [7, 11) is -1.57. The monoisotopic (exact) mass is 296 g/mol. The van der Waals surface area contributed by atoms with Crippen LogP contribution in [0.2, 0.25) is 19.6 Å². The van der Waals surface area contributed by atoms with Crippen molar-refractivity contribution in [3.8, 4) is 0 Å². The first-order valence-corrected chi connectivity index (χ1v) is 11.7. The lowest BCUT2D eigenvalue weighted by Crippen LogP contribution is -2.56. The third-order valence-corrected chi connectivity index (χ3v) is 6.45. The molecule has 0 spiro atoms. The van der Waals surface area contributed by atoms with Crippen LogP contribution in [0.4, 0.5) is 0 Å². The molecule has 0 amide bonds. The van der Waals surface area contributed by atoms with Crippen LogP contribution in [0.1, 0.15) is 52.9 Å². The maximum Gasteiger partial charge on any atom is 0.183 e. The van der Waals surface area contributed by atoms with Crippen molar-refractivity contribution in [1.82, 2.24) is 0 Å². The Labute approximate surface area is 125 Å². The van der Waals surface area contributed by atoms with E-state index in [0.717, 1.165) is 12.3 Å². The Morgan fingerprint density at radius 2 is 1.75 bits per heavy atom. The van der Waals surface area contributed by atoms with E-state index >= 15 is 0 Å². The van der Waals surface area contributed by atoms with Crippen LogP contribution >= 0.6 is 0 Å². The second-order valence-corrected chi connectivity index (χ2v) is 13.4. The maximum absolute atomic E-state index is 13.1. The minimum absolute atomic E-state index is 0.171. The highest BCUT2D eigenvalue weighted by atomic mass is 28.4. The van der Waals surface area contributed by atoms with Crippen LogP contribution in [0.5, 0.6) is 0 Å². The summed E-state index contributed by atoms with van der Waals surface area (Å²) in [6.45, 7) is 13.8. The highest BCUT2D eigenvalue weighted by Crippen LogP contribution is 2.54. The highest BCUT2D eigenvalue weighted by Gasteiger charge is 2.55. The number of hydrogen-bond donors (Lipinski definition) is 0. The van der Waals surface area contributed by atoms with Gasteiger partial charge >= 0.3 is 0 Å². The first-order chi connectivity index (χ1) is 9.06. The third kappa shape index (κ3) is 3.04. The van der Waals surface area contributed by atoms with E-state index in [2.05, 4.69) is 40.4 Å². The summed E-state index contributed by atoms with van der Waals surface area (Å²) in [5.41, 5.74) is -0.427. The van der Waals surface area contributed by atoms with Gasteiger partial charge in [0.25, 0.3) is 0 Å². The smallest absolute Gasteiger partial charge is 0.183 e. The van der Waals surface area contributed by atoms with Crippen molar-refractivity contribution >= 4 is 14.1 Å². The van der Waals surface area contributed by atoms with E-state index in [1.807, 2.05) is 0 Å². The number of hydrogen-bond acceptors (Lipinski definition) is 2. The Morgan fingerprint density at radius 3 is 2.35 bits per heavy atom. The molecule has 3 heteroatoms. The van der Waals surface area contributed by atoms with Crippen molar-refractivity contribution in [2.75, 3.05) is 6.61 Å². The Hall–Kier alpha value is -0.153. The molecule has 2 nitrogen and oxygen atoms in total. The van der Waals surface area contributed by atoms with E-state index in [0.29, 0.717) is 18.3 Å². The Balaban J connectivity index is 2.26.